The monoisotopic (exact) mass is 365 g/mol. The minimum absolute atomic E-state index is 0.735. The van der Waals surface area contributed by atoms with Crippen LogP contribution in [0.15, 0.2) is 72.8 Å². The van der Waals surface area contributed by atoms with Crippen molar-refractivity contribution in [2.75, 3.05) is 5.43 Å². The van der Waals surface area contributed by atoms with Crippen molar-refractivity contribution in [1.29, 1.82) is 0 Å². The summed E-state index contributed by atoms with van der Waals surface area (Å²) in [7, 11) is 0. The summed E-state index contributed by atoms with van der Waals surface area (Å²) in [5.74, 6) is 6.61. The lowest BCUT2D eigenvalue weighted by Crippen LogP contribution is -2.08. The standard InChI is InChI=1S/C23H15N3S/c24-26-23-22-20(17-11-9-14-6-2-4-8-16(14)21(17)25-23)19-15-7-3-1-5-13(15)10-12-18(19)27-22/h1-12H,24H2,(H,25,26). The van der Waals surface area contributed by atoms with Crippen molar-refractivity contribution < 1.29 is 0 Å². The lowest BCUT2D eigenvalue weighted by atomic mass is 9.99. The van der Waals surface area contributed by atoms with Gasteiger partial charge in [0.15, 0.2) is 5.82 Å². The second-order valence-corrected chi connectivity index (χ2v) is 7.81. The zero-order chi connectivity index (χ0) is 18.0. The Labute approximate surface area is 159 Å². The van der Waals surface area contributed by atoms with E-state index in [1.807, 2.05) is 0 Å². The molecule has 2 heterocycles. The van der Waals surface area contributed by atoms with Crippen LogP contribution in [-0.2, 0) is 0 Å². The number of nitrogens with two attached hydrogens (primary N) is 1. The fourth-order valence-corrected chi connectivity index (χ4v) is 5.32. The molecule has 0 atom stereocenters. The van der Waals surface area contributed by atoms with Crippen LogP contribution < -0.4 is 11.3 Å². The van der Waals surface area contributed by atoms with Gasteiger partial charge in [-0.25, -0.2) is 10.8 Å². The average molecular weight is 365 g/mol. The first-order chi connectivity index (χ1) is 13.3. The average Bonchev–Trinajstić information content (AvgIpc) is 3.13. The highest BCUT2D eigenvalue weighted by molar-refractivity contribution is 7.26. The molecule has 128 valence electrons. The van der Waals surface area contributed by atoms with Gasteiger partial charge in [0.1, 0.15) is 0 Å². The van der Waals surface area contributed by atoms with Crippen LogP contribution in [0.5, 0.6) is 0 Å². The molecule has 0 saturated carbocycles. The van der Waals surface area contributed by atoms with Crippen LogP contribution in [0.4, 0.5) is 5.82 Å². The predicted octanol–water partition coefficient (Wildman–Crippen LogP) is 6.19. The van der Waals surface area contributed by atoms with E-state index < -0.39 is 0 Å². The maximum absolute atomic E-state index is 5.88. The van der Waals surface area contributed by atoms with Crippen molar-refractivity contribution in [3.63, 3.8) is 0 Å². The normalized spacial score (nSPS) is 11.9. The number of rotatable bonds is 1. The molecule has 6 rings (SSSR count). The highest BCUT2D eigenvalue weighted by Gasteiger charge is 2.17. The molecular weight excluding hydrogens is 350 g/mol. The topological polar surface area (TPSA) is 50.9 Å². The molecule has 4 heteroatoms. The fourth-order valence-electron chi connectivity index (χ4n) is 4.13. The number of nitrogens with one attached hydrogen (secondary N) is 1. The van der Waals surface area contributed by atoms with Gasteiger partial charge in [0, 0.05) is 26.2 Å². The predicted molar refractivity (Wildman–Crippen MR) is 117 cm³/mol. The molecule has 0 aliphatic carbocycles. The van der Waals surface area contributed by atoms with Gasteiger partial charge in [-0.15, -0.1) is 11.3 Å². The van der Waals surface area contributed by atoms with Gasteiger partial charge < -0.3 is 5.43 Å². The lowest BCUT2D eigenvalue weighted by Gasteiger charge is -2.09. The molecule has 0 bridgehead atoms. The molecule has 0 radical (unpaired) electrons. The molecule has 0 aliphatic heterocycles. The van der Waals surface area contributed by atoms with E-state index in [9.17, 15) is 0 Å². The summed E-state index contributed by atoms with van der Waals surface area (Å²) in [5, 5.41) is 8.54. The van der Waals surface area contributed by atoms with Crippen LogP contribution in [0.25, 0.3) is 52.6 Å². The number of hydrogen-bond acceptors (Lipinski definition) is 4. The third kappa shape index (κ3) is 1.97. The quantitative estimate of drug-likeness (QED) is 0.207. The Morgan fingerprint density at radius 1 is 0.704 bits per heavy atom. The molecule has 3 N–H and O–H groups in total. The van der Waals surface area contributed by atoms with E-state index in [4.69, 9.17) is 10.8 Å². The SMILES string of the molecule is NNc1nc2c3ccccc3ccc2c2c1sc1ccc3ccccc3c12. The molecule has 3 nitrogen and oxygen atoms in total. The number of pyridine rings is 1. The summed E-state index contributed by atoms with van der Waals surface area (Å²) in [6.07, 6.45) is 0. The summed E-state index contributed by atoms with van der Waals surface area (Å²) in [6, 6.07) is 25.7. The molecule has 27 heavy (non-hydrogen) atoms. The summed E-state index contributed by atoms with van der Waals surface area (Å²) < 4.78 is 2.36. The number of nitrogens with zero attached hydrogens (tertiary/aromatic N) is 1. The molecule has 0 saturated heterocycles. The third-order valence-electron chi connectivity index (χ3n) is 5.33. The summed E-state index contributed by atoms with van der Waals surface area (Å²) in [4.78, 5) is 4.90. The molecule has 0 spiro atoms. The van der Waals surface area contributed by atoms with Gasteiger partial charge in [-0.1, -0.05) is 66.7 Å². The Bertz CT molecular complexity index is 1510. The Morgan fingerprint density at radius 3 is 2.22 bits per heavy atom. The molecule has 4 aromatic carbocycles. The van der Waals surface area contributed by atoms with Gasteiger partial charge in [-0.3, -0.25) is 0 Å². The zero-order valence-corrected chi connectivity index (χ0v) is 15.2. The van der Waals surface area contributed by atoms with E-state index in [-0.39, 0.29) is 0 Å². The third-order valence-corrected chi connectivity index (χ3v) is 6.49. The number of aromatic nitrogens is 1. The molecule has 6 aromatic rings. The first-order valence-corrected chi connectivity index (χ1v) is 9.69. The minimum atomic E-state index is 0.735. The van der Waals surface area contributed by atoms with Crippen LogP contribution >= 0.6 is 11.3 Å². The smallest absolute Gasteiger partial charge is 0.158 e. The summed E-state index contributed by atoms with van der Waals surface area (Å²) >= 11 is 1.74. The van der Waals surface area contributed by atoms with E-state index in [0.717, 1.165) is 21.4 Å². The zero-order valence-electron chi connectivity index (χ0n) is 14.4. The number of thiophene rings is 1. The Kier molecular flexibility index (Phi) is 2.98. The number of nitrogen functional groups attached to an aromatic ring is 1. The fraction of sp³-hybridized carbons (Fsp3) is 0. The summed E-state index contributed by atoms with van der Waals surface area (Å²) in [5.41, 5.74) is 3.82. The van der Waals surface area contributed by atoms with Crippen molar-refractivity contribution in [3.8, 4) is 0 Å². The second-order valence-electron chi connectivity index (χ2n) is 6.75. The van der Waals surface area contributed by atoms with Gasteiger partial charge in [-0.2, -0.15) is 0 Å². The number of benzene rings is 4. The van der Waals surface area contributed by atoms with Crippen molar-refractivity contribution in [1.82, 2.24) is 4.98 Å². The van der Waals surface area contributed by atoms with Crippen molar-refractivity contribution in [3.05, 3.63) is 72.8 Å². The first-order valence-electron chi connectivity index (χ1n) is 8.87. The van der Waals surface area contributed by atoms with Gasteiger partial charge in [0.05, 0.1) is 10.2 Å². The molecule has 0 amide bonds. The molecule has 0 fully saturated rings. The van der Waals surface area contributed by atoms with E-state index in [1.54, 1.807) is 11.3 Å². The Morgan fingerprint density at radius 2 is 1.41 bits per heavy atom. The maximum atomic E-state index is 5.88. The molecular formula is C23H15N3S. The number of fused-ring (bicyclic) bond motifs is 9. The summed E-state index contributed by atoms with van der Waals surface area (Å²) in [6.45, 7) is 0. The van der Waals surface area contributed by atoms with Gasteiger partial charge >= 0.3 is 0 Å². The van der Waals surface area contributed by atoms with Gasteiger partial charge in [-0.05, 0) is 22.2 Å². The Balaban J connectivity index is 1.97. The van der Waals surface area contributed by atoms with Crippen LogP contribution in [0, 0.1) is 0 Å². The second kappa shape index (κ2) is 5.39. The van der Waals surface area contributed by atoms with Crippen LogP contribution in [0.1, 0.15) is 0 Å². The van der Waals surface area contributed by atoms with Crippen molar-refractivity contribution in [2.45, 2.75) is 0 Å². The Hall–Kier alpha value is -3.21. The maximum Gasteiger partial charge on any atom is 0.158 e. The molecule has 0 unspecified atom stereocenters. The highest BCUT2D eigenvalue weighted by Crippen LogP contribution is 2.45. The van der Waals surface area contributed by atoms with Crippen LogP contribution in [0.3, 0.4) is 0 Å². The van der Waals surface area contributed by atoms with E-state index in [1.165, 1.54) is 37.0 Å². The van der Waals surface area contributed by atoms with E-state index in [0.29, 0.717) is 0 Å². The van der Waals surface area contributed by atoms with Crippen LogP contribution in [0.2, 0.25) is 0 Å². The minimum Gasteiger partial charge on any atom is -0.307 e. The number of hydrazine groups is 1. The molecule has 0 aliphatic rings. The number of hydrogen-bond donors (Lipinski definition) is 2. The van der Waals surface area contributed by atoms with Crippen molar-refractivity contribution in [2.24, 2.45) is 5.84 Å². The number of anilines is 1. The molecule has 2 aromatic heterocycles. The highest BCUT2D eigenvalue weighted by atomic mass is 32.1. The van der Waals surface area contributed by atoms with Gasteiger partial charge in [0.2, 0.25) is 0 Å². The van der Waals surface area contributed by atoms with Crippen LogP contribution in [-0.4, -0.2) is 4.98 Å². The first kappa shape index (κ1) is 14.9. The largest absolute Gasteiger partial charge is 0.307 e. The van der Waals surface area contributed by atoms with Crippen molar-refractivity contribution >= 4 is 69.8 Å². The van der Waals surface area contributed by atoms with Gasteiger partial charge in [0.25, 0.3) is 0 Å². The van der Waals surface area contributed by atoms with E-state index in [2.05, 4.69) is 78.2 Å². The van der Waals surface area contributed by atoms with E-state index >= 15 is 0 Å². The lowest BCUT2D eigenvalue weighted by molar-refractivity contribution is 1.29.